The molecule has 0 spiro atoms. The first-order valence-electron chi connectivity index (χ1n) is 12.1. The summed E-state index contributed by atoms with van der Waals surface area (Å²) >= 11 is 0. The number of ketones is 1. The van der Waals surface area contributed by atoms with Gasteiger partial charge in [-0.3, -0.25) is 15.0 Å². The maximum Gasteiger partial charge on any atom is 0.253 e. The number of carbonyl (C=O) groups is 2. The first-order chi connectivity index (χ1) is 17.3. The smallest absolute Gasteiger partial charge is 0.253 e. The zero-order valence-electron chi connectivity index (χ0n) is 22.9. The maximum atomic E-state index is 13.6. The van der Waals surface area contributed by atoms with E-state index in [1.807, 2.05) is 51.9 Å². The largest absolute Gasteiger partial charge is 0.494 e. The van der Waals surface area contributed by atoms with Crippen LogP contribution in [0.2, 0.25) is 0 Å². The van der Waals surface area contributed by atoms with Crippen LogP contribution in [-0.2, 0) is 12.0 Å². The lowest BCUT2D eigenvalue weighted by Gasteiger charge is -2.28. The molecule has 3 rings (SSSR count). The summed E-state index contributed by atoms with van der Waals surface area (Å²) < 4.78 is 5.72. The van der Waals surface area contributed by atoms with E-state index < -0.39 is 0 Å². The lowest BCUT2D eigenvalue weighted by molar-refractivity contribution is 0.0955. The van der Waals surface area contributed by atoms with Gasteiger partial charge >= 0.3 is 0 Å². The molecule has 0 aromatic heterocycles. The van der Waals surface area contributed by atoms with Gasteiger partial charge in [0.2, 0.25) is 0 Å². The minimum atomic E-state index is -0.306. The van der Waals surface area contributed by atoms with Crippen molar-refractivity contribution in [3.63, 3.8) is 0 Å². The predicted octanol–water partition coefficient (Wildman–Crippen LogP) is 3.40. The van der Waals surface area contributed by atoms with Crippen LogP contribution in [0.15, 0.2) is 24.3 Å². The van der Waals surface area contributed by atoms with E-state index in [9.17, 15) is 14.9 Å². The number of carbonyl (C=O) groups excluding carboxylic acids is 2. The van der Waals surface area contributed by atoms with Gasteiger partial charge in [0.05, 0.1) is 31.0 Å². The molecule has 9 heteroatoms. The van der Waals surface area contributed by atoms with Crippen molar-refractivity contribution < 1.29 is 14.3 Å². The number of hydrogen-bond donors (Lipinski definition) is 2. The molecule has 2 aromatic carbocycles. The number of ether oxygens (including phenoxy) is 1. The monoisotopic (exact) mass is 504 g/mol. The van der Waals surface area contributed by atoms with Crippen molar-refractivity contribution in [2.45, 2.75) is 32.7 Å². The number of Topliss-reactive ketones (excluding diaryl/α,β-unsaturated/α-hetero) is 1. The topological polar surface area (TPSA) is 113 Å². The normalized spacial score (nSPS) is 12.6. The van der Waals surface area contributed by atoms with Crippen LogP contribution in [0, 0.1) is 16.7 Å². The molecule has 0 bridgehead atoms. The SMILES string of the molecule is CNC(=O)c1cc2c(cc1N(C)C)CN(CC(=O)c1cc(N(C)CC#N)c(OC)c(C(C)(C)C)c1)C2=N. The molecule has 1 aliphatic heterocycles. The molecular weight excluding hydrogens is 468 g/mol. The van der Waals surface area contributed by atoms with Gasteiger partial charge in [0.15, 0.2) is 5.78 Å². The minimum absolute atomic E-state index is 0.0113. The molecule has 196 valence electrons. The van der Waals surface area contributed by atoms with E-state index in [1.54, 1.807) is 43.1 Å². The Bertz CT molecular complexity index is 1290. The van der Waals surface area contributed by atoms with Crippen LogP contribution in [0.4, 0.5) is 11.4 Å². The summed E-state index contributed by atoms with van der Waals surface area (Å²) in [4.78, 5) is 31.4. The fraction of sp³-hybridized carbons (Fsp3) is 0.429. The highest BCUT2D eigenvalue weighted by Crippen LogP contribution is 2.40. The van der Waals surface area contributed by atoms with Crippen molar-refractivity contribution in [2.75, 3.05) is 58.2 Å². The number of amidine groups is 1. The second kappa shape index (κ2) is 10.5. The quantitative estimate of drug-likeness (QED) is 0.418. The highest BCUT2D eigenvalue weighted by molar-refractivity contribution is 6.08. The summed E-state index contributed by atoms with van der Waals surface area (Å²) in [6.45, 7) is 6.70. The van der Waals surface area contributed by atoms with Crippen molar-refractivity contribution in [3.05, 3.63) is 52.1 Å². The van der Waals surface area contributed by atoms with Crippen molar-refractivity contribution in [1.82, 2.24) is 10.2 Å². The van der Waals surface area contributed by atoms with E-state index in [0.717, 1.165) is 16.8 Å². The van der Waals surface area contributed by atoms with Crippen molar-refractivity contribution in [2.24, 2.45) is 0 Å². The first kappa shape index (κ1) is 27.5. The molecule has 0 unspecified atom stereocenters. The molecular formula is C28H36N6O3. The van der Waals surface area contributed by atoms with Crippen LogP contribution >= 0.6 is 0 Å². The van der Waals surface area contributed by atoms with E-state index in [2.05, 4.69) is 11.4 Å². The number of benzene rings is 2. The summed E-state index contributed by atoms with van der Waals surface area (Å²) in [5, 5.41) is 20.6. The highest BCUT2D eigenvalue weighted by Gasteiger charge is 2.31. The number of fused-ring (bicyclic) bond motifs is 1. The highest BCUT2D eigenvalue weighted by atomic mass is 16.5. The van der Waals surface area contributed by atoms with Gasteiger partial charge in [-0.25, -0.2) is 0 Å². The third kappa shape index (κ3) is 5.38. The lowest BCUT2D eigenvalue weighted by atomic mass is 9.84. The van der Waals surface area contributed by atoms with E-state index in [-0.39, 0.29) is 36.0 Å². The Morgan fingerprint density at radius 1 is 1.16 bits per heavy atom. The molecule has 1 aliphatic rings. The number of nitrogens with zero attached hydrogens (tertiary/aromatic N) is 4. The third-order valence-electron chi connectivity index (χ3n) is 6.56. The average Bonchev–Trinajstić information content (AvgIpc) is 3.15. The van der Waals surface area contributed by atoms with Crippen LogP contribution in [0.25, 0.3) is 0 Å². The maximum absolute atomic E-state index is 13.6. The van der Waals surface area contributed by atoms with Gasteiger partial charge in [-0.15, -0.1) is 0 Å². The summed E-state index contributed by atoms with van der Waals surface area (Å²) in [5.74, 6) is 0.485. The van der Waals surface area contributed by atoms with Crippen LogP contribution in [0.5, 0.6) is 5.75 Å². The predicted molar refractivity (Wildman–Crippen MR) is 146 cm³/mol. The molecule has 2 N–H and O–H groups in total. The molecule has 0 aliphatic carbocycles. The van der Waals surface area contributed by atoms with E-state index in [0.29, 0.717) is 34.7 Å². The molecule has 0 saturated carbocycles. The number of nitriles is 1. The summed E-state index contributed by atoms with van der Waals surface area (Å²) in [6, 6.07) is 9.40. The number of anilines is 2. The third-order valence-corrected chi connectivity index (χ3v) is 6.56. The minimum Gasteiger partial charge on any atom is -0.494 e. The molecule has 0 saturated heterocycles. The number of rotatable bonds is 8. The second-order valence-corrected chi connectivity index (χ2v) is 10.5. The van der Waals surface area contributed by atoms with Gasteiger partial charge < -0.3 is 24.8 Å². The van der Waals surface area contributed by atoms with Gasteiger partial charge in [0.1, 0.15) is 18.1 Å². The van der Waals surface area contributed by atoms with E-state index in [4.69, 9.17) is 10.1 Å². The van der Waals surface area contributed by atoms with Gasteiger partial charge in [-0.05, 0) is 35.2 Å². The summed E-state index contributed by atoms with van der Waals surface area (Å²) in [5.41, 5.74) is 4.52. The molecule has 37 heavy (non-hydrogen) atoms. The number of methoxy groups -OCH3 is 1. The van der Waals surface area contributed by atoms with Crippen molar-refractivity contribution >= 4 is 28.9 Å². The van der Waals surface area contributed by atoms with Gasteiger partial charge in [0, 0.05) is 57.1 Å². The summed E-state index contributed by atoms with van der Waals surface area (Å²) in [7, 11) is 8.70. The molecule has 1 amide bonds. The molecule has 9 nitrogen and oxygen atoms in total. The Morgan fingerprint density at radius 2 is 1.84 bits per heavy atom. The van der Waals surface area contributed by atoms with Crippen LogP contribution in [0.1, 0.15) is 58.2 Å². The average molecular weight is 505 g/mol. The van der Waals surface area contributed by atoms with Crippen molar-refractivity contribution in [1.29, 1.82) is 10.7 Å². The fourth-order valence-electron chi connectivity index (χ4n) is 4.54. The molecule has 0 fully saturated rings. The Labute approximate surface area is 219 Å². The molecule has 1 heterocycles. The zero-order valence-corrected chi connectivity index (χ0v) is 22.9. The summed E-state index contributed by atoms with van der Waals surface area (Å²) in [6.07, 6.45) is 0. The zero-order chi connectivity index (χ0) is 27.7. The molecule has 0 radical (unpaired) electrons. The Hall–Kier alpha value is -4.06. The Morgan fingerprint density at radius 3 is 2.38 bits per heavy atom. The van der Waals surface area contributed by atoms with E-state index >= 15 is 0 Å². The van der Waals surface area contributed by atoms with Crippen LogP contribution < -0.4 is 19.9 Å². The molecule has 2 aromatic rings. The number of hydrogen-bond acceptors (Lipinski definition) is 7. The van der Waals surface area contributed by atoms with Crippen LogP contribution in [-0.4, -0.2) is 70.8 Å². The Balaban J connectivity index is 1.98. The van der Waals surface area contributed by atoms with Crippen LogP contribution in [0.3, 0.4) is 0 Å². The van der Waals surface area contributed by atoms with E-state index in [1.165, 1.54) is 0 Å². The Kier molecular flexibility index (Phi) is 7.82. The fourth-order valence-corrected chi connectivity index (χ4v) is 4.54. The van der Waals surface area contributed by atoms with Gasteiger partial charge in [-0.1, -0.05) is 20.8 Å². The second-order valence-electron chi connectivity index (χ2n) is 10.5. The van der Waals surface area contributed by atoms with Gasteiger partial charge in [-0.2, -0.15) is 5.26 Å². The number of amides is 1. The van der Waals surface area contributed by atoms with Gasteiger partial charge in [0.25, 0.3) is 5.91 Å². The first-order valence-corrected chi connectivity index (χ1v) is 12.1. The standard InChI is InChI=1S/C28H36N6O3/c1-28(2,3)21-11-17(12-23(25(21)37-8)33(7)10-9-29)24(35)16-34-15-18-13-22(32(5)6)20(27(36)31-4)14-19(18)26(34)30/h11-14,30H,10,15-16H2,1-8H3,(H,31,36). The lowest BCUT2D eigenvalue weighted by Crippen LogP contribution is -2.31. The number of nitrogens with one attached hydrogen (secondary N) is 2. The van der Waals surface area contributed by atoms with Crippen molar-refractivity contribution in [3.8, 4) is 11.8 Å². The molecule has 0 atom stereocenters.